The van der Waals surface area contributed by atoms with Crippen molar-refractivity contribution in [3.8, 4) is 11.5 Å². The SMILES string of the molecule is CCc1ccc(NC(=O)N2Cc3c(CC)nn(-c4ccccc4)c3-n3cccc3[C@@H]2c2ccc(C)cc2)cc1. The third kappa shape index (κ3) is 4.52. The van der Waals surface area contributed by atoms with Gasteiger partial charge < -0.3 is 14.8 Å². The van der Waals surface area contributed by atoms with Gasteiger partial charge in [-0.1, -0.05) is 74.0 Å². The molecular formula is C33H33N5O. The number of amides is 2. The zero-order valence-electron chi connectivity index (χ0n) is 22.6. The third-order valence-electron chi connectivity index (χ3n) is 7.57. The Labute approximate surface area is 229 Å². The van der Waals surface area contributed by atoms with E-state index in [9.17, 15) is 4.79 Å². The normalized spacial score (nSPS) is 14.4. The largest absolute Gasteiger partial charge is 0.322 e. The minimum absolute atomic E-state index is 0.139. The number of nitrogens with one attached hydrogen (secondary N) is 1. The van der Waals surface area contributed by atoms with E-state index in [4.69, 9.17) is 5.10 Å². The molecule has 6 nitrogen and oxygen atoms in total. The number of aromatic nitrogens is 3. The van der Waals surface area contributed by atoms with Crippen molar-refractivity contribution in [2.75, 3.05) is 5.32 Å². The molecule has 3 heterocycles. The predicted molar refractivity (Wildman–Crippen MR) is 156 cm³/mol. The maximum Gasteiger partial charge on any atom is 0.322 e. The Morgan fingerprint density at radius 1 is 0.897 bits per heavy atom. The molecule has 0 fully saturated rings. The van der Waals surface area contributed by atoms with E-state index in [1.54, 1.807) is 0 Å². The number of para-hydroxylation sites is 1. The summed E-state index contributed by atoms with van der Waals surface area (Å²) in [5.74, 6) is 0.984. The van der Waals surface area contributed by atoms with Crippen LogP contribution in [0.15, 0.2) is 97.2 Å². The molecule has 5 aromatic rings. The Hall–Kier alpha value is -4.58. The van der Waals surface area contributed by atoms with Gasteiger partial charge in [0, 0.05) is 17.4 Å². The number of aryl methyl sites for hydroxylation is 3. The Kier molecular flexibility index (Phi) is 6.53. The van der Waals surface area contributed by atoms with E-state index in [0.717, 1.165) is 52.5 Å². The van der Waals surface area contributed by atoms with Gasteiger partial charge in [0.15, 0.2) is 0 Å². The zero-order valence-corrected chi connectivity index (χ0v) is 22.6. The fourth-order valence-electron chi connectivity index (χ4n) is 5.47. The first-order valence-corrected chi connectivity index (χ1v) is 13.6. The number of carbonyl (C=O) groups excluding carboxylic acids is 1. The van der Waals surface area contributed by atoms with Crippen molar-refractivity contribution in [2.24, 2.45) is 0 Å². The second kappa shape index (κ2) is 10.3. The van der Waals surface area contributed by atoms with E-state index in [0.29, 0.717) is 6.54 Å². The highest BCUT2D eigenvalue weighted by Gasteiger charge is 2.36. The summed E-state index contributed by atoms with van der Waals surface area (Å²) in [6.07, 6.45) is 3.81. The standard InChI is InChI=1S/C33H33N5O/c1-4-24-15-19-26(20-16-24)34-33(39)37-22-28-29(5-2)35-38(27-10-7-6-8-11-27)32(28)36-21-9-12-30(36)31(37)25-17-13-23(3)14-18-25/h6-21,31H,4-5,22H2,1-3H3,(H,34,39)/t31-/m0/s1. The summed E-state index contributed by atoms with van der Waals surface area (Å²) in [7, 11) is 0. The van der Waals surface area contributed by atoms with Gasteiger partial charge in [0.25, 0.3) is 0 Å². The third-order valence-corrected chi connectivity index (χ3v) is 7.57. The van der Waals surface area contributed by atoms with E-state index in [2.05, 4.69) is 97.5 Å². The molecule has 0 bridgehead atoms. The number of fused-ring (bicyclic) bond motifs is 3. The molecule has 6 heteroatoms. The average Bonchev–Trinajstić information content (AvgIpc) is 3.56. The Morgan fingerprint density at radius 3 is 2.33 bits per heavy atom. The Bertz CT molecular complexity index is 1600. The Morgan fingerprint density at radius 2 is 1.64 bits per heavy atom. The minimum Gasteiger partial charge on any atom is -0.308 e. The summed E-state index contributed by atoms with van der Waals surface area (Å²) in [6, 6.07) is 30.6. The lowest BCUT2D eigenvalue weighted by Gasteiger charge is -2.31. The van der Waals surface area contributed by atoms with Gasteiger partial charge in [-0.2, -0.15) is 5.10 Å². The number of carbonyl (C=O) groups is 1. The first kappa shape index (κ1) is 24.7. The lowest BCUT2D eigenvalue weighted by atomic mass is 10.0. The highest BCUT2D eigenvalue weighted by atomic mass is 16.2. The van der Waals surface area contributed by atoms with Crippen LogP contribution in [-0.2, 0) is 19.4 Å². The number of hydrogen-bond acceptors (Lipinski definition) is 2. The minimum atomic E-state index is -0.281. The maximum absolute atomic E-state index is 14.1. The van der Waals surface area contributed by atoms with Crippen LogP contribution >= 0.6 is 0 Å². The first-order chi connectivity index (χ1) is 19.1. The molecule has 1 N–H and O–H groups in total. The fourth-order valence-corrected chi connectivity index (χ4v) is 5.47. The lowest BCUT2D eigenvalue weighted by Crippen LogP contribution is -2.38. The van der Waals surface area contributed by atoms with Crippen LogP contribution in [0.3, 0.4) is 0 Å². The van der Waals surface area contributed by atoms with Crippen LogP contribution in [0.1, 0.15) is 53.5 Å². The highest BCUT2D eigenvalue weighted by molar-refractivity contribution is 5.90. The zero-order chi connectivity index (χ0) is 26.9. The van der Waals surface area contributed by atoms with Gasteiger partial charge in [0.05, 0.1) is 29.7 Å². The van der Waals surface area contributed by atoms with Crippen LogP contribution in [-0.4, -0.2) is 25.3 Å². The van der Waals surface area contributed by atoms with Crippen molar-refractivity contribution in [1.82, 2.24) is 19.2 Å². The van der Waals surface area contributed by atoms with Gasteiger partial charge >= 0.3 is 6.03 Å². The van der Waals surface area contributed by atoms with E-state index in [1.165, 1.54) is 11.1 Å². The van der Waals surface area contributed by atoms with Crippen molar-refractivity contribution in [1.29, 1.82) is 0 Å². The molecule has 2 amide bonds. The van der Waals surface area contributed by atoms with Crippen LogP contribution in [0, 0.1) is 6.92 Å². The highest BCUT2D eigenvalue weighted by Crippen LogP contribution is 2.39. The van der Waals surface area contributed by atoms with Crippen LogP contribution in [0.2, 0.25) is 0 Å². The number of nitrogens with zero attached hydrogens (tertiary/aromatic N) is 4. The van der Waals surface area contributed by atoms with Gasteiger partial charge in [-0.3, -0.25) is 0 Å². The molecule has 196 valence electrons. The first-order valence-electron chi connectivity index (χ1n) is 13.6. The molecule has 39 heavy (non-hydrogen) atoms. The summed E-state index contributed by atoms with van der Waals surface area (Å²) in [5.41, 5.74) is 8.35. The summed E-state index contributed by atoms with van der Waals surface area (Å²) >= 11 is 0. The molecule has 0 saturated heterocycles. The summed E-state index contributed by atoms with van der Waals surface area (Å²) < 4.78 is 4.23. The van der Waals surface area contributed by atoms with Crippen molar-refractivity contribution in [2.45, 2.75) is 46.2 Å². The van der Waals surface area contributed by atoms with Gasteiger partial charge in [-0.15, -0.1) is 0 Å². The molecule has 1 aliphatic rings. The second-order valence-electron chi connectivity index (χ2n) is 10.1. The second-order valence-corrected chi connectivity index (χ2v) is 10.1. The molecule has 0 spiro atoms. The molecule has 6 rings (SSSR count). The molecule has 1 atom stereocenters. The van der Waals surface area contributed by atoms with Crippen molar-refractivity contribution in [3.05, 3.63) is 131 Å². The molecule has 0 aliphatic carbocycles. The topological polar surface area (TPSA) is 55.1 Å². The van der Waals surface area contributed by atoms with E-state index in [1.807, 2.05) is 39.9 Å². The van der Waals surface area contributed by atoms with Gasteiger partial charge in [-0.05, 0) is 67.3 Å². The molecule has 0 saturated carbocycles. The molecule has 0 radical (unpaired) electrons. The van der Waals surface area contributed by atoms with Crippen molar-refractivity contribution in [3.63, 3.8) is 0 Å². The number of anilines is 1. The molecule has 0 unspecified atom stereocenters. The molecular weight excluding hydrogens is 482 g/mol. The van der Waals surface area contributed by atoms with Crippen LogP contribution in [0.4, 0.5) is 10.5 Å². The quantitative estimate of drug-likeness (QED) is 0.268. The summed E-state index contributed by atoms with van der Waals surface area (Å²) in [5, 5.41) is 8.23. The maximum atomic E-state index is 14.1. The van der Waals surface area contributed by atoms with Gasteiger partial charge in [0.1, 0.15) is 5.82 Å². The summed E-state index contributed by atoms with van der Waals surface area (Å²) in [6.45, 7) is 6.77. The molecule has 2 aromatic heterocycles. The number of urea groups is 1. The van der Waals surface area contributed by atoms with E-state index in [-0.39, 0.29) is 12.1 Å². The monoisotopic (exact) mass is 515 g/mol. The summed E-state index contributed by atoms with van der Waals surface area (Å²) in [4.78, 5) is 16.1. The van der Waals surface area contributed by atoms with Crippen LogP contribution in [0.25, 0.3) is 11.5 Å². The van der Waals surface area contributed by atoms with E-state index >= 15 is 0 Å². The fraction of sp³-hybridized carbons (Fsp3) is 0.212. The van der Waals surface area contributed by atoms with Crippen molar-refractivity contribution >= 4 is 11.7 Å². The Balaban J connectivity index is 1.52. The molecule has 1 aliphatic heterocycles. The van der Waals surface area contributed by atoms with Gasteiger partial charge in [-0.25, -0.2) is 9.48 Å². The number of benzene rings is 3. The smallest absolute Gasteiger partial charge is 0.308 e. The molecule has 3 aromatic carbocycles. The average molecular weight is 516 g/mol. The van der Waals surface area contributed by atoms with Crippen molar-refractivity contribution < 1.29 is 4.79 Å². The van der Waals surface area contributed by atoms with E-state index < -0.39 is 0 Å². The predicted octanol–water partition coefficient (Wildman–Crippen LogP) is 7.23. The number of hydrogen-bond donors (Lipinski definition) is 1. The van der Waals surface area contributed by atoms with Crippen LogP contribution < -0.4 is 5.32 Å². The van der Waals surface area contributed by atoms with Crippen LogP contribution in [0.5, 0.6) is 0 Å². The lowest BCUT2D eigenvalue weighted by molar-refractivity contribution is 0.194. The number of rotatable bonds is 5. The van der Waals surface area contributed by atoms with Gasteiger partial charge in [0.2, 0.25) is 0 Å².